The summed E-state index contributed by atoms with van der Waals surface area (Å²) in [6.45, 7) is 3.94. The normalized spacial score (nSPS) is 24.1. The summed E-state index contributed by atoms with van der Waals surface area (Å²) in [7, 11) is 0. The van der Waals surface area contributed by atoms with Gasteiger partial charge in [0, 0.05) is 18.8 Å². The quantitative estimate of drug-likeness (QED) is 0.758. The van der Waals surface area contributed by atoms with Crippen LogP contribution in [0.4, 0.5) is 5.69 Å². The van der Waals surface area contributed by atoms with Crippen LogP contribution < -0.4 is 9.64 Å². The molecule has 1 saturated heterocycles. The molecule has 7 nitrogen and oxygen atoms in total. The van der Waals surface area contributed by atoms with Crippen LogP contribution >= 0.6 is 23.2 Å². The van der Waals surface area contributed by atoms with Crippen LogP contribution in [0.15, 0.2) is 18.2 Å². The number of carbonyl (C=O) groups excluding carboxylic acids is 1. The Morgan fingerprint density at radius 2 is 2.00 bits per heavy atom. The van der Waals surface area contributed by atoms with Crippen molar-refractivity contribution >= 4 is 34.9 Å². The van der Waals surface area contributed by atoms with Crippen molar-refractivity contribution in [3.05, 3.63) is 33.9 Å². The van der Waals surface area contributed by atoms with Gasteiger partial charge in [0.15, 0.2) is 0 Å². The molecular formula is C18H20Cl2N4O3. The predicted molar refractivity (Wildman–Crippen MR) is 102 cm³/mol. The molecule has 1 aromatic heterocycles. The standard InChI is InChI=1S/C18H20Cl2N4O3/c1-2-26-18(25)16-17(22-23-21-16)27-13-5-10-8-24(9-11(10)6-13)12-3-4-14(19)15(20)7-12/h3-4,7,10-11,13H,2,5-6,8-9H2,1H3,(H,21,22,23)/t10-,11?,13+/m1/s1. The third-order valence-corrected chi connectivity index (χ3v) is 5.99. The molecule has 144 valence electrons. The largest absolute Gasteiger partial charge is 0.472 e. The van der Waals surface area contributed by atoms with Gasteiger partial charge in [0.05, 0.1) is 16.7 Å². The van der Waals surface area contributed by atoms with Crippen molar-refractivity contribution in [3.63, 3.8) is 0 Å². The van der Waals surface area contributed by atoms with Gasteiger partial charge < -0.3 is 14.4 Å². The van der Waals surface area contributed by atoms with Gasteiger partial charge in [-0.1, -0.05) is 33.5 Å². The number of nitrogens with one attached hydrogen (secondary N) is 1. The Bertz CT molecular complexity index is 830. The van der Waals surface area contributed by atoms with E-state index in [1.807, 2.05) is 18.2 Å². The smallest absolute Gasteiger partial charge is 0.362 e. The second-order valence-electron chi connectivity index (χ2n) is 6.95. The number of hydrogen-bond acceptors (Lipinski definition) is 6. The van der Waals surface area contributed by atoms with E-state index in [1.54, 1.807) is 6.92 Å². The molecule has 3 atom stereocenters. The zero-order valence-corrected chi connectivity index (χ0v) is 16.3. The predicted octanol–water partition coefficient (Wildman–Crippen LogP) is 3.58. The summed E-state index contributed by atoms with van der Waals surface area (Å²) in [6.07, 6.45) is 1.85. The summed E-state index contributed by atoms with van der Waals surface area (Å²) in [5.74, 6) is 0.783. The Labute approximate surface area is 166 Å². The van der Waals surface area contributed by atoms with Crippen LogP contribution in [0.5, 0.6) is 5.88 Å². The number of rotatable bonds is 5. The van der Waals surface area contributed by atoms with Gasteiger partial charge in [0.2, 0.25) is 5.69 Å². The first-order valence-electron chi connectivity index (χ1n) is 9.00. The second kappa shape index (κ2) is 7.56. The van der Waals surface area contributed by atoms with E-state index in [9.17, 15) is 4.79 Å². The second-order valence-corrected chi connectivity index (χ2v) is 7.76. The Kier molecular flexibility index (Phi) is 5.14. The molecule has 2 fully saturated rings. The number of carbonyl (C=O) groups is 1. The number of H-pyrrole nitrogens is 1. The Balaban J connectivity index is 1.37. The first-order valence-corrected chi connectivity index (χ1v) is 9.75. The highest BCUT2D eigenvalue weighted by Gasteiger charge is 2.42. The highest BCUT2D eigenvalue weighted by Crippen LogP contribution is 2.42. The molecule has 0 spiro atoms. The van der Waals surface area contributed by atoms with Crippen molar-refractivity contribution in [1.29, 1.82) is 0 Å². The highest BCUT2D eigenvalue weighted by atomic mass is 35.5. The first kappa shape index (κ1) is 18.4. The average molecular weight is 411 g/mol. The molecule has 2 heterocycles. The maximum absolute atomic E-state index is 11.9. The summed E-state index contributed by atoms with van der Waals surface area (Å²) in [5, 5.41) is 11.3. The number of aromatic amines is 1. The topological polar surface area (TPSA) is 80.3 Å². The first-order chi connectivity index (χ1) is 13.0. The fourth-order valence-electron chi connectivity index (χ4n) is 4.03. The Morgan fingerprint density at radius 3 is 2.67 bits per heavy atom. The van der Waals surface area contributed by atoms with E-state index in [4.69, 9.17) is 32.7 Å². The minimum absolute atomic E-state index is 0.0224. The minimum Gasteiger partial charge on any atom is -0.472 e. The zero-order chi connectivity index (χ0) is 19.0. The molecule has 0 radical (unpaired) electrons. The molecule has 1 aliphatic carbocycles. The summed E-state index contributed by atoms with van der Waals surface area (Å²) in [4.78, 5) is 14.2. The van der Waals surface area contributed by atoms with Gasteiger partial charge in [-0.2, -0.15) is 0 Å². The van der Waals surface area contributed by atoms with E-state index in [1.165, 1.54) is 0 Å². The number of anilines is 1. The zero-order valence-electron chi connectivity index (χ0n) is 14.8. The number of fused-ring (bicyclic) bond motifs is 1. The van der Waals surface area contributed by atoms with Gasteiger partial charge in [-0.25, -0.2) is 9.89 Å². The van der Waals surface area contributed by atoms with Gasteiger partial charge in [0.25, 0.3) is 5.88 Å². The summed E-state index contributed by atoms with van der Waals surface area (Å²) in [5.41, 5.74) is 1.27. The molecule has 2 aliphatic rings. The van der Waals surface area contributed by atoms with Crippen LogP contribution in [0.25, 0.3) is 0 Å². The molecule has 2 aromatic rings. The van der Waals surface area contributed by atoms with E-state index >= 15 is 0 Å². The summed E-state index contributed by atoms with van der Waals surface area (Å²) < 4.78 is 11.0. The molecule has 1 N–H and O–H groups in total. The van der Waals surface area contributed by atoms with Crippen molar-refractivity contribution in [2.75, 3.05) is 24.6 Å². The van der Waals surface area contributed by atoms with E-state index in [2.05, 4.69) is 20.3 Å². The van der Waals surface area contributed by atoms with Crippen LogP contribution in [0.2, 0.25) is 10.0 Å². The fraction of sp³-hybridized carbons (Fsp3) is 0.500. The lowest BCUT2D eigenvalue weighted by atomic mass is 10.0. The molecule has 9 heteroatoms. The molecular weight excluding hydrogens is 391 g/mol. The molecule has 1 unspecified atom stereocenters. The number of esters is 1. The average Bonchev–Trinajstić information content (AvgIpc) is 3.32. The molecule has 1 saturated carbocycles. The molecule has 4 rings (SSSR count). The highest BCUT2D eigenvalue weighted by molar-refractivity contribution is 6.42. The third kappa shape index (κ3) is 3.71. The van der Waals surface area contributed by atoms with Crippen LogP contribution in [0, 0.1) is 11.8 Å². The van der Waals surface area contributed by atoms with Gasteiger partial charge in [-0.05, 0) is 49.8 Å². The molecule has 0 amide bonds. The SMILES string of the molecule is CCOC(=O)c1[nH]nnc1O[C@@H]1CC2CN(c3ccc(Cl)c(Cl)c3)C[C@H]2C1. The maximum Gasteiger partial charge on any atom is 0.362 e. The molecule has 1 aromatic carbocycles. The van der Waals surface area contributed by atoms with Crippen molar-refractivity contribution < 1.29 is 14.3 Å². The number of ether oxygens (including phenoxy) is 2. The van der Waals surface area contributed by atoms with Crippen LogP contribution in [-0.4, -0.2) is 47.2 Å². The van der Waals surface area contributed by atoms with Gasteiger partial charge in [-0.15, -0.1) is 0 Å². The van der Waals surface area contributed by atoms with Crippen LogP contribution in [-0.2, 0) is 4.74 Å². The van der Waals surface area contributed by atoms with Crippen molar-refractivity contribution in [1.82, 2.24) is 15.4 Å². The van der Waals surface area contributed by atoms with Gasteiger partial charge in [-0.3, -0.25) is 0 Å². The third-order valence-electron chi connectivity index (χ3n) is 5.25. The summed E-state index contributed by atoms with van der Waals surface area (Å²) >= 11 is 12.2. The lowest BCUT2D eigenvalue weighted by Gasteiger charge is -2.21. The maximum atomic E-state index is 11.9. The molecule has 1 aliphatic heterocycles. The van der Waals surface area contributed by atoms with Crippen molar-refractivity contribution in [2.24, 2.45) is 11.8 Å². The van der Waals surface area contributed by atoms with Crippen molar-refractivity contribution in [3.8, 4) is 5.88 Å². The van der Waals surface area contributed by atoms with E-state index in [0.29, 0.717) is 21.9 Å². The monoisotopic (exact) mass is 410 g/mol. The lowest BCUT2D eigenvalue weighted by molar-refractivity contribution is 0.0511. The number of aromatic nitrogens is 3. The Morgan fingerprint density at radius 1 is 1.26 bits per heavy atom. The van der Waals surface area contributed by atoms with Crippen LogP contribution in [0.1, 0.15) is 30.3 Å². The van der Waals surface area contributed by atoms with Gasteiger partial charge >= 0.3 is 5.97 Å². The van der Waals surface area contributed by atoms with Gasteiger partial charge in [0.1, 0.15) is 6.10 Å². The fourth-order valence-corrected chi connectivity index (χ4v) is 4.32. The molecule has 0 bridgehead atoms. The lowest BCUT2D eigenvalue weighted by Crippen LogP contribution is -2.24. The van der Waals surface area contributed by atoms with Crippen LogP contribution in [0.3, 0.4) is 0 Å². The minimum atomic E-state index is -0.499. The van der Waals surface area contributed by atoms with E-state index in [-0.39, 0.29) is 24.3 Å². The number of hydrogen-bond donors (Lipinski definition) is 1. The van der Waals surface area contributed by atoms with E-state index in [0.717, 1.165) is 31.6 Å². The Hall–Kier alpha value is -1.99. The number of halogens is 2. The van der Waals surface area contributed by atoms with E-state index < -0.39 is 5.97 Å². The number of nitrogens with zero attached hydrogens (tertiary/aromatic N) is 3. The summed E-state index contributed by atoms with van der Waals surface area (Å²) in [6, 6.07) is 5.75. The number of benzene rings is 1. The van der Waals surface area contributed by atoms with Crippen molar-refractivity contribution in [2.45, 2.75) is 25.9 Å². The molecule has 27 heavy (non-hydrogen) atoms.